The van der Waals surface area contributed by atoms with E-state index < -0.39 is 5.91 Å². The number of allylic oxidation sites excluding steroid dienone is 4. The molecule has 102 valence electrons. The van der Waals surface area contributed by atoms with Gasteiger partial charge >= 0.3 is 0 Å². The molecule has 1 atom stereocenters. The number of amides is 1. The van der Waals surface area contributed by atoms with Crippen LogP contribution in [0.4, 0.5) is 0 Å². The fraction of sp³-hybridized carbons (Fsp3) is 0.143. The van der Waals surface area contributed by atoms with E-state index in [9.17, 15) is 4.79 Å². The Bertz CT molecular complexity index is 634. The first-order valence-corrected chi connectivity index (χ1v) is 6.33. The van der Waals surface area contributed by atoms with Gasteiger partial charge in [-0.15, -0.1) is 0 Å². The number of pyridine rings is 1. The van der Waals surface area contributed by atoms with Crippen molar-refractivity contribution in [3.05, 3.63) is 47.3 Å². The maximum atomic E-state index is 10.6. The molecule has 0 saturated heterocycles. The Balaban J connectivity index is 2.14. The summed E-state index contributed by atoms with van der Waals surface area (Å²) in [5.41, 5.74) is 6.98. The predicted octanol–water partition coefficient (Wildman–Crippen LogP) is 1.88. The highest BCUT2D eigenvalue weighted by molar-refractivity contribution is 6.31. The minimum atomic E-state index is -0.494. The smallest absolute Gasteiger partial charge is 0.239 e. The van der Waals surface area contributed by atoms with Crippen LogP contribution in [0.3, 0.4) is 0 Å². The molecule has 20 heavy (non-hydrogen) atoms. The van der Waals surface area contributed by atoms with E-state index in [0.717, 1.165) is 11.1 Å². The maximum absolute atomic E-state index is 10.6. The molecule has 1 unspecified atom stereocenters. The SMILES string of the molecule is N=C1C=C(c2cccnc2Cl)C=CC1C=NCC(N)=O. The zero-order valence-electron chi connectivity index (χ0n) is 10.6. The van der Waals surface area contributed by atoms with E-state index in [-0.39, 0.29) is 12.5 Å². The van der Waals surface area contributed by atoms with Crippen molar-refractivity contribution in [2.24, 2.45) is 16.6 Å². The van der Waals surface area contributed by atoms with Gasteiger partial charge in [0.2, 0.25) is 5.91 Å². The highest BCUT2D eigenvalue weighted by atomic mass is 35.5. The molecule has 3 N–H and O–H groups in total. The summed E-state index contributed by atoms with van der Waals surface area (Å²) in [6.07, 6.45) is 8.56. The van der Waals surface area contributed by atoms with E-state index in [0.29, 0.717) is 10.9 Å². The second-order valence-corrected chi connectivity index (χ2v) is 4.60. The Morgan fingerprint density at radius 3 is 3.05 bits per heavy atom. The molecule has 1 aromatic rings. The Kier molecular flexibility index (Phi) is 4.42. The van der Waals surface area contributed by atoms with Crippen LogP contribution in [0.25, 0.3) is 5.57 Å². The van der Waals surface area contributed by atoms with Gasteiger partial charge in [-0.1, -0.05) is 23.8 Å². The first kappa shape index (κ1) is 14.1. The van der Waals surface area contributed by atoms with Gasteiger partial charge < -0.3 is 11.1 Å². The zero-order chi connectivity index (χ0) is 14.5. The fourth-order valence-corrected chi connectivity index (χ4v) is 2.01. The monoisotopic (exact) mass is 288 g/mol. The molecule has 1 heterocycles. The summed E-state index contributed by atoms with van der Waals surface area (Å²) in [5.74, 6) is -0.750. The number of hydrogen-bond acceptors (Lipinski definition) is 4. The molecule has 0 radical (unpaired) electrons. The van der Waals surface area contributed by atoms with Gasteiger partial charge in [-0.2, -0.15) is 0 Å². The van der Waals surface area contributed by atoms with Crippen molar-refractivity contribution in [1.29, 1.82) is 5.41 Å². The third kappa shape index (κ3) is 3.39. The number of hydrogen-bond donors (Lipinski definition) is 2. The predicted molar refractivity (Wildman–Crippen MR) is 80.1 cm³/mol. The number of aliphatic imine (C=N–C) groups is 1. The van der Waals surface area contributed by atoms with Gasteiger partial charge in [0.1, 0.15) is 11.7 Å². The van der Waals surface area contributed by atoms with Crippen LogP contribution in [0.1, 0.15) is 5.56 Å². The summed E-state index contributed by atoms with van der Waals surface area (Å²) in [6.45, 7) is -0.0668. The van der Waals surface area contributed by atoms with Gasteiger partial charge in [-0.25, -0.2) is 4.98 Å². The van der Waals surface area contributed by atoms with E-state index in [1.54, 1.807) is 24.6 Å². The third-order valence-corrected chi connectivity index (χ3v) is 3.04. The van der Waals surface area contributed by atoms with Crippen molar-refractivity contribution in [3.63, 3.8) is 0 Å². The maximum Gasteiger partial charge on any atom is 0.239 e. The summed E-state index contributed by atoms with van der Waals surface area (Å²) in [6, 6.07) is 3.64. The van der Waals surface area contributed by atoms with E-state index in [1.165, 1.54) is 0 Å². The zero-order valence-corrected chi connectivity index (χ0v) is 11.3. The van der Waals surface area contributed by atoms with Crippen molar-refractivity contribution in [1.82, 2.24) is 4.98 Å². The standard InChI is InChI=1S/C14H13ClN4O/c15-14-11(2-1-5-19-14)9-3-4-10(12(16)6-9)7-18-8-13(17)20/h1-7,10,16H,8H2,(H2,17,20). The number of carbonyl (C=O) groups is 1. The van der Waals surface area contributed by atoms with Crippen molar-refractivity contribution in [2.75, 3.05) is 6.54 Å². The second-order valence-electron chi connectivity index (χ2n) is 4.24. The lowest BCUT2D eigenvalue weighted by molar-refractivity contribution is -0.116. The molecule has 1 amide bonds. The molecule has 0 bridgehead atoms. The lowest BCUT2D eigenvalue weighted by atomic mass is 9.93. The Morgan fingerprint density at radius 1 is 1.60 bits per heavy atom. The van der Waals surface area contributed by atoms with Gasteiger partial charge in [-0.05, 0) is 23.8 Å². The average molecular weight is 289 g/mol. The largest absolute Gasteiger partial charge is 0.368 e. The van der Waals surface area contributed by atoms with Gasteiger partial charge in [0, 0.05) is 23.7 Å². The number of primary amides is 1. The van der Waals surface area contributed by atoms with Crippen LogP contribution < -0.4 is 5.73 Å². The number of carbonyl (C=O) groups excluding carboxylic acids is 1. The summed E-state index contributed by atoms with van der Waals surface area (Å²) < 4.78 is 0. The highest BCUT2D eigenvalue weighted by Crippen LogP contribution is 2.26. The molecule has 0 aromatic carbocycles. The second kappa shape index (κ2) is 6.25. The molecule has 1 aliphatic rings. The van der Waals surface area contributed by atoms with Crippen molar-refractivity contribution in [3.8, 4) is 0 Å². The molecule has 0 saturated carbocycles. The highest BCUT2D eigenvalue weighted by Gasteiger charge is 2.15. The van der Waals surface area contributed by atoms with Crippen LogP contribution in [0, 0.1) is 11.3 Å². The van der Waals surface area contributed by atoms with Gasteiger partial charge in [0.15, 0.2) is 0 Å². The molecule has 0 fully saturated rings. The topological polar surface area (TPSA) is 92.2 Å². The lowest BCUT2D eigenvalue weighted by Crippen LogP contribution is -2.17. The molecule has 2 rings (SSSR count). The Morgan fingerprint density at radius 2 is 2.40 bits per heavy atom. The van der Waals surface area contributed by atoms with Crippen LogP contribution in [0.2, 0.25) is 5.15 Å². The van der Waals surface area contributed by atoms with Gasteiger partial charge in [0.05, 0.1) is 5.92 Å². The van der Waals surface area contributed by atoms with Gasteiger partial charge in [0.25, 0.3) is 0 Å². The Labute approximate surface area is 121 Å². The molecular weight excluding hydrogens is 276 g/mol. The molecular formula is C14H13ClN4O. The van der Waals surface area contributed by atoms with E-state index in [4.69, 9.17) is 22.7 Å². The van der Waals surface area contributed by atoms with Crippen molar-refractivity contribution < 1.29 is 4.79 Å². The lowest BCUT2D eigenvalue weighted by Gasteiger charge is -2.14. The van der Waals surface area contributed by atoms with E-state index in [1.807, 2.05) is 18.2 Å². The van der Waals surface area contributed by atoms with Crippen LogP contribution >= 0.6 is 11.6 Å². The fourth-order valence-electron chi connectivity index (χ4n) is 1.78. The number of aromatic nitrogens is 1. The molecule has 0 aliphatic heterocycles. The molecule has 0 spiro atoms. The molecule has 1 aliphatic carbocycles. The quantitative estimate of drug-likeness (QED) is 0.654. The first-order chi connectivity index (χ1) is 9.58. The first-order valence-electron chi connectivity index (χ1n) is 5.95. The van der Waals surface area contributed by atoms with Crippen LogP contribution in [-0.2, 0) is 4.79 Å². The molecule has 1 aromatic heterocycles. The number of nitrogens with two attached hydrogens (primary N) is 1. The summed E-state index contributed by atoms with van der Waals surface area (Å²) in [5, 5.41) is 8.38. The molecule has 6 heteroatoms. The van der Waals surface area contributed by atoms with Crippen LogP contribution in [0.5, 0.6) is 0 Å². The minimum absolute atomic E-state index is 0.0668. The summed E-state index contributed by atoms with van der Waals surface area (Å²) in [7, 11) is 0. The van der Waals surface area contributed by atoms with Crippen LogP contribution in [0.15, 0.2) is 41.6 Å². The average Bonchev–Trinajstić information content (AvgIpc) is 2.41. The van der Waals surface area contributed by atoms with E-state index in [2.05, 4.69) is 9.98 Å². The Hall–Kier alpha value is -2.27. The summed E-state index contributed by atoms with van der Waals surface area (Å²) in [4.78, 5) is 18.5. The molecule has 5 nitrogen and oxygen atoms in total. The van der Waals surface area contributed by atoms with Gasteiger partial charge in [-0.3, -0.25) is 9.79 Å². The number of nitrogens with zero attached hydrogens (tertiary/aromatic N) is 2. The van der Waals surface area contributed by atoms with Crippen molar-refractivity contribution in [2.45, 2.75) is 0 Å². The van der Waals surface area contributed by atoms with Crippen LogP contribution in [-0.4, -0.2) is 29.4 Å². The number of halogens is 1. The number of rotatable bonds is 4. The van der Waals surface area contributed by atoms with E-state index >= 15 is 0 Å². The minimum Gasteiger partial charge on any atom is -0.368 e. The third-order valence-electron chi connectivity index (χ3n) is 2.74. The summed E-state index contributed by atoms with van der Waals surface area (Å²) >= 11 is 6.03. The van der Waals surface area contributed by atoms with Crippen molar-refractivity contribution >= 4 is 35.0 Å². The normalized spacial score (nSPS) is 18.4. The number of nitrogens with one attached hydrogen (secondary N) is 1.